The molecular formula is C19H22ClN3O2. The van der Waals surface area contributed by atoms with Crippen LogP contribution in [0.4, 0.5) is 0 Å². The summed E-state index contributed by atoms with van der Waals surface area (Å²) in [5.74, 6) is 1.16. The highest BCUT2D eigenvalue weighted by molar-refractivity contribution is 6.30. The minimum atomic E-state index is -0.214. The predicted octanol–water partition coefficient (Wildman–Crippen LogP) is 3.86. The first kappa shape index (κ1) is 17.7. The van der Waals surface area contributed by atoms with Crippen LogP contribution in [0.5, 0.6) is 0 Å². The molecule has 0 aliphatic carbocycles. The topological polar surface area (TPSA) is 57.8 Å². The lowest BCUT2D eigenvalue weighted by atomic mass is 10.0. The molecule has 5 nitrogen and oxygen atoms in total. The van der Waals surface area contributed by atoms with Crippen LogP contribution in [0.3, 0.4) is 0 Å². The van der Waals surface area contributed by atoms with Gasteiger partial charge in [-0.1, -0.05) is 37.6 Å². The molecule has 3 rings (SSSR count). The molecule has 25 heavy (non-hydrogen) atoms. The van der Waals surface area contributed by atoms with Crippen molar-refractivity contribution < 1.29 is 9.21 Å². The summed E-state index contributed by atoms with van der Waals surface area (Å²) in [5, 5.41) is 9.98. The summed E-state index contributed by atoms with van der Waals surface area (Å²) < 4.78 is 5.54. The molecule has 0 bridgehead atoms. The van der Waals surface area contributed by atoms with E-state index in [1.54, 1.807) is 6.26 Å². The van der Waals surface area contributed by atoms with Crippen molar-refractivity contribution in [2.24, 2.45) is 11.0 Å². The van der Waals surface area contributed by atoms with E-state index in [1.165, 1.54) is 5.01 Å². The van der Waals surface area contributed by atoms with Crippen molar-refractivity contribution in [3.63, 3.8) is 0 Å². The van der Waals surface area contributed by atoms with Gasteiger partial charge in [0.05, 0.1) is 18.5 Å². The first-order chi connectivity index (χ1) is 12.0. The molecule has 1 aromatic heterocycles. The van der Waals surface area contributed by atoms with Crippen LogP contribution in [-0.2, 0) is 4.79 Å². The Morgan fingerprint density at radius 2 is 2.12 bits per heavy atom. The zero-order chi connectivity index (χ0) is 17.8. The lowest BCUT2D eigenvalue weighted by Gasteiger charge is -2.20. The Bertz CT molecular complexity index is 739. The van der Waals surface area contributed by atoms with Crippen molar-refractivity contribution in [1.29, 1.82) is 0 Å². The fourth-order valence-electron chi connectivity index (χ4n) is 2.81. The van der Waals surface area contributed by atoms with Crippen LogP contribution in [0, 0.1) is 5.92 Å². The molecule has 0 saturated heterocycles. The zero-order valence-corrected chi connectivity index (χ0v) is 15.2. The summed E-state index contributed by atoms with van der Waals surface area (Å²) in [7, 11) is 0. The van der Waals surface area contributed by atoms with E-state index in [4.69, 9.17) is 16.0 Å². The monoisotopic (exact) mass is 359 g/mol. The molecule has 0 saturated carbocycles. The number of halogens is 1. The Hall–Kier alpha value is -2.11. The lowest BCUT2D eigenvalue weighted by molar-refractivity contribution is -0.132. The van der Waals surface area contributed by atoms with Crippen molar-refractivity contribution in [3.05, 3.63) is 59.0 Å². The van der Waals surface area contributed by atoms with Gasteiger partial charge in [-0.05, 0) is 42.3 Å². The first-order valence-corrected chi connectivity index (χ1v) is 8.82. The van der Waals surface area contributed by atoms with Crippen molar-refractivity contribution in [3.8, 4) is 0 Å². The molecule has 1 atom stereocenters. The minimum absolute atomic E-state index is 0.0639. The van der Waals surface area contributed by atoms with Gasteiger partial charge in [0.2, 0.25) is 0 Å². The summed E-state index contributed by atoms with van der Waals surface area (Å²) in [5.41, 5.74) is 1.82. The molecule has 2 aromatic rings. The Balaban J connectivity index is 1.79. The van der Waals surface area contributed by atoms with E-state index in [-0.39, 0.29) is 18.5 Å². The summed E-state index contributed by atoms with van der Waals surface area (Å²) in [6, 6.07) is 11.0. The second-order valence-electron chi connectivity index (χ2n) is 6.55. The number of nitrogens with zero attached hydrogens (tertiary/aromatic N) is 2. The quantitative estimate of drug-likeness (QED) is 0.852. The van der Waals surface area contributed by atoms with E-state index in [1.807, 2.05) is 36.4 Å². The molecular weight excluding hydrogens is 338 g/mol. The van der Waals surface area contributed by atoms with E-state index >= 15 is 0 Å². The standard InChI is InChI=1S/C19H22ClN3O2/c1-13(2)11-21-12-19(24)23-17(18-4-3-9-25-18)10-16(22-23)14-5-7-15(20)8-6-14/h3-9,13,17,21H,10-12H2,1-2H3. The van der Waals surface area contributed by atoms with E-state index in [0.29, 0.717) is 17.4 Å². The number of hydrogen-bond donors (Lipinski definition) is 1. The Kier molecular flexibility index (Phi) is 5.56. The zero-order valence-electron chi connectivity index (χ0n) is 14.4. The van der Waals surface area contributed by atoms with Crippen LogP contribution in [0.2, 0.25) is 5.02 Å². The summed E-state index contributed by atoms with van der Waals surface area (Å²) in [6.45, 7) is 5.26. The number of nitrogens with one attached hydrogen (secondary N) is 1. The number of furan rings is 1. The van der Waals surface area contributed by atoms with Crippen LogP contribution >= 0.6 is 11.6 Å². The van der Waals surface area contributed by atoms with Gasteiger partial charge in [-0.15, -0.1) is 0 Å². The average molecular weight is 360 g/mol. The largest absolute Gasteiger partial charge is 0.467 e. The van der Waals surface area contributed by atoms with Crippen molar-refractivity contribution >= 4 is 23.2 Å². The van der Waals surface area contributed by atoms with Crippen LogP contribution in [0.15, 0.2) is 52.2 Å². The highest BCUT2D eigenvalue weighted by Crippen LogP contribution is 2.33. The van der Waals surface area contributed by atoms with E-state index < -0.39 is 0 Å². The fraction of sp³-hybridized carbons (Fsp3) is 0.368. The Morgan fingerprint density at radius 1 is 1.36 bits per heavy atom. The third kappa shape index (κ3) is 4.30. The molecule has 1 aliphatic heterocycles. The molecule has 1 aromatic carbocycles. The van der Waals surface area contributed by atoms with Crippen LogP contribution in [0.25, 0.3) is 0 Å². The maximum absolute atomic E-state index is 12.7. The summed E-state index contributed by atoms with van der Waals surface area (Å²) in [4.78, 5) is 12.7. The molecule has 1 aliphatic rings. The van der Waals surface area contributed by atoms with Crippen molar-refractivity contribution in [1.82, 2.24) is 10.3 Å². The summed E-state index contributed by atoms with van der Waals surface area (Å²) in [6.07, 6.45) is 2.24. The molecule has 1 amide bonds. The minimum Gasteiger partial charge on any atom is -0.467 e. The van der Waals surface area contributed by atoms with Gasteiger partial charge in [0.15, 0.2) is 0 Å². The van der Waals surface area contributed by atoms with Gasteiger partial charge in [-0.3, -0.25) is 4.79 Å². The van der Waals surface area contributed by atoms with Crippen LogP contribution < -0.4 is 5.32 Å². The van der Waals surface area contributed by atoms with E-state index in [9.17, 15) is 4.79 Å². The Labute approximate surface area is 152 Å². The SMILES string of the molecule is CC(C)CNCC(=O)N1N=C(c2ccc(Cl)cc2)CC1c1ccco1. The predicted molar refractivity (Wildman–Crippen MR) is 98.6 cm³/mol. The molecule has 1 N–H and O–H groups in total. The number of hydrazone groups is 1. The highest BCUT2D eigenvalue weighted by atomic mass is 35.5. The molecule has 2 heterocycles. The third-order valence-corrected chi connectivity index (χ3v) is 4.30. The number of benzene rings is 1. The normalized spacial score (nSPS) is 17.2. The van der Waals surface area contributed by atoms with Gasteiger partial charge in [-0.25, -0.2) is 5.01 Å². The maximum atomic E-state index is 12.7. The number of rotatable bonds is 6. The van der Waals surface area contributed by atoms with Gasteiger partial charge in [0.1, 0.15) is 11.8 Å². The van der Waals surface area contributed by atoms with Crippen molar-refractivity contribution in [2.45, 2.75) is 26.3 Å². The van der Waals surface area contributed by atoms with E-state index in [0.717, 1.165) is 23.6 Å². The number of amides is 1. The molecule has 132 valence electrons. The smallest absolute Gasteiger partial charge is 0.257 e. The molecule has 1 unspecified atom stereocenters. The van der Waals surface area contributed by atoms with Gasteiger partial charge in [0, 0.05) is 11.4 Å². The van der Waals surface area contributed by atoms with Gasteiger partial charge in [-0.2, -0.15) is 5.10 Å². The Morgan fingerprint density at radius 3 is 2.76 bits per heavy atom. The first-order valence-electron chi connectivity index (χ1n) is 8.44. The van der Waals surface area contributed by atoms with E-state index in [2.05, 4.69) is 24.3 Å². The molecule has 6 heteroatoms. The second kappa shape index (κ2) is 7.85. The maximum Gasteiger partial charge on any atom is 0.257 e. The van der Waals surface area contributed by atoms with Crippen molar-refractivity contribution in [2.75, 3.05) is 13.1 Å². The highest BCUT2D eigenvalue weighted by Gasteiger charge is 2.34. The van der Waals surface area contributed by atoms with Gasteiger partial charge >= 0.3 is 0 Å². The van der Waals surface area contributed by atoms with Crippen LogP contribution in [0.1, 0.15) is 37.6 Å². The van der Waals surface area contributed by atoms with Gasteiger partial charge in [0.25, 0.3) is 5.91 Å². The summed E-state index contributed by atoms with van der Waals surface area (Å²) >= 11 is 5.96. The lowest BCUT2D eigenvalue weighted by Crippen LogP contribution is -2.36. The number of carbonyl (C=O) groups excluding carboxylic acids is 1. The molecule has 0 fully saturated rings. The third-order valence-electron chi connectivity index (χ3n) is 4.04. The fourth-order valence-corrected chi connectivity index (χ4v) is 2.93. The average Bonchev–Trinajstić information content (AvgIpc) is 3.24. The molecule has 0 spiro atoms. The number of hydrogen-bond acceptors (Lipinski definition) is 4. The van der Waals surface area contributed by atoms with Crippen LogP contribution in [-0.4, -0.2) is 29.7 Å². The van der Waals surface area contributed by atoms with Gasteiger partial charge < -0.3 is 9.73 Å². The number of carbonyl (C=O) groups is 1. The molecule has 0 radical (unpaired) electrons. The second-order valence-corrected chi connectivity index (χ2v) is 6.99.